The average molecular weight is 233 g/mol. The van der Waals surface area contributed by atoms with E-state index >= 15 is 0 Å². The van der Waals surface area contributed by atoms with Gasteiger partial charge in [0.15, 0.2) is 0 Å². The smallest absolute Gasteiger partial charge is 0.323 e. The van der Waals surface area contributed by atoms with Crippen molar-refractivity contribution in [2.24, 2.45) is 0 Å². The Hall–Kier alpha value is 0.130. The zero-order chi connectivity index (χ0) is 10.2. The molecule has 2 aliphatic heterocycles. The van der Waals surface area contributed by atoms with Crippen molar-refractivity contribution in [3.8, 4) is 0 Å². The van der Waals surface area contributed by atoms with Crippen LogP contribution in [0.25, 0.3) is 0 Å². The van der Waals surface area contributed by atoms with Crippen molar-refractivity contribution in [3.63, 3.8) is 0 Å². The summed E-state index contributed by atoms with van der Waals surface area (Å²) in [5.74, 6) is 2.34. The quantitative estimate of drug-likeness (QED) is 0.631. The van der Waals surface area contributed by atoms with Gasteiger partial charge in [-0.05, 0) is 13.5 Å². The Balaban J connectivity index is 2.06. The molecule has 0 aromatic heterocycles. The van der Waals surface area contributed by atoms with E-state index in [1.165, 1.54) is 18.6 Å². The Morgan fingerprint density at radius 2 is 2.14 bits per heavy atom. The van der Waals surface area contributed by atoms with Crippen LogP contribution in [0.4, 0.5) is 0 Å². The minimum Gasteiger partial charge on any atom is -0.468 e. The first kappa shape index (κ1) is 10.6. The van der Waals surface area contributed by atoms with E-state index in [1.54, 1.807) is 0 Å². The highest BCUT2D eigenvalue weighted by molar-refractivity contribution is 8.21. The summed E-state index contributed by atoms with van der Waals surface area (Å²) in [5.41, 5.74) is 0. The van der Waals surface area contributed by atoms with Gasteiger partial charge in [0.25, 0.3) is 0 Å². The van der Waals surface area contributed by atoms with Gasteiger partial charge >= 0.3 is 5.97 Å². The van der Waals surface area contributed by atoms with E-state index in [2.05, 4.69) is 4.90 Å². The molecule has 0 unspecified atom stereocenters. The molecule has 2 aliphatic rings. The van der Waals surface area contributed by atoms with Gasteiger partial charge in [-0.25, -0.2) is 0 Å². The molecule has 3 nitrogen and oxygen atoms in total. The predicted molar refractivity (Wildman–Crippen MR) is 60.7 cm³/mol. The first-order chi connectivity index (χ1) is 6.67. The maximum atomic E-state index is 11.5. The molecule has 2 saturated heterocycles. The largest absolute Gasteiger partial charge is 0.468 e. The van der Waals surface area contributed by atoms with Crippen LogP contribution in [-0.2, 0) is 9.53 Å². The normalized spacial score (nSPS) is 31.1. The van der Waals surface area contributed by atoms with E-state index in [9.17, 15) is 4.79 Å². The molecule has 0 N–H and O–H groups in total. The Labute approximate surface area is 92.9 Å². The van der Waals surface area contributed by atoms with Gasteiger partial charge in [-0.2, -0.15) is 0 Å². The number of thioether (sulfide) groups is 2. The molecule has 1 spiro atoms. The molecule has 14 heavy (non-hydrogen) atoms. The fourth-order valence-electron chi connectivity index (χ4n) is 2.11. The standard InChI is InChI=1S/C9H15NO2S2/c1-10-6-9(13-3-4-14-9)5-7(10)8(11)12-2/h7H,3-6H2,1-2H3/t7-/m0/s1. The van der Waals surface area contributed by atoms with Crippen LogP contribution in [0.1, 0.15) is 6.42 Å². The van der Waals surface area contributed by atoms with E-state index in [1.807, 2.05) is 30.6 Å². The number of hydrogen-bond donors (Lipinski definition) is 0. The molecule has 2 heterocycles. The molecule has 0 bridgehead atoms. The number of rotatable bonds is 1. The average Bonchev–Trinajstić information content (AvgIpc) is 2.74. The second kappa shape index (κ2) is 3.94. The van der Waals surface area contributed by atoms with Crippen LogP contribution in [0.3, 0.4) is 0 Å². The van der Waals surface area contributed by atoms with Crippen LogP contribution in [0.2, 0.25) is 0 Å². The zero-order valence-electron chi connectivity index (χ0n) is 8.49. The lowest BCUT2D eigenvalue weighted by molar-refractivity contribution is -0.145. The van der Waals surface area contributed by atoms with Crippen molar-refractivity contribution in [2.45, 2.75) is 16.5 Å². The van der Waals surface area contributed by atoms with E-state index in [-0.39, 0.29) is 16.1 Å². The SMILES string of the molecule is COC(=O)[C@@H]1CC2(CN1C)SCCS2. The Bertz CT molecular complexity index is 241. The van der Waals surface area contributed by atoms with Crippen molar-refractivity contribution >= 4 is 29.5 Å². The van der Waals surface area contributed by atoms with Crippen LogP contribution in [0.15, 0.2) is 0 Å². The first-order valence-corrected chi connectivity index (χ1v) is 6.70. The second-order valence-electron chi connectivity index (χ2n) is 3.77. The topological polar surface area (TPSA) is 29.5 Å². The third-order valence-corrected chi connectivity index (χ3v) is 6.24. The first-order valence-electron chi connectivity index (χ1n) is 4.73. The lowest BCUT2D eigenvalue weighted by atomic mass is 10.2. The Morgan fingerprint density at radius 1 is 1.50 bits per heavy atom. The summed E-state index contributed by atoms with van der Waals surface area (Å²) in [7, 11) is 3.48. The molecule has 0 amide bonds. The van der Waals surface area contributed by atoms with Gasteiger partial charge in [0.1, 0.15) is 6.04 Å². The fourth-order valence-corrected chi connectivity index (χ4v) is 5.50. The highest BCUT2D eigenvalue weighted by Gasteiger charge is 2.48. The van der Waals surface area contributed by atoms with Gasteiger partial charge in [-0.3, -0.25) is 9.69 Å². The summed E-state index contributed by atoms with van der Waals surface area (Å²) < 4.78 is 5.08. The van der Waals surface area contributed by atoms with Crippen LogP contribution < -0.4 is 0 Å². The van der Waals surface area contributed by atoms with Crippen molar-refractivity contribution in [1.29, 1.82) is 0 Å². The number of nitrogens with zero attached hydrogens (tertiary/aromatic N) is 1. The highest BCUT2D eigenvalue weighted by atomic mass is 32.2. The number of likely N-dealkylation sites (N-methyl/N-ethyl adjacent to an activating group) is 1. The summed E-state index contributed by atoms with van der Waals surface area (Å²) >= 11 is 4.00. The molecule has 2 fully saturated rings. The molecular formula is C9H15NO2S2. The molecule has 5 heteroatoms. The Morgan fingerprint density at radius 3 is 2.71 bits per heavy atom. The van der Waals surface area contributed by atoms with Gasteiger partial charge in [0.05, 0.1) is 11.2 Å². The van der Waals surface area contributed by atoms with Crippen LogP contribution in [0, 0.1) is 0 Å². The minimum absolute atomic E-state index is 0.0295. The number of carbonyl (C=O) groups excluding carboxylic acids is 1. The molecule has 0 aromatic rings. The number of ether oxygens (including phenoxy) is 1. The summed E-state index contributed by atoms with van der Waals surface area (Å²) in [6, 6.07) is -0.0295. The van der Waals surface area contributed by atoms with Crippen molar-refractivity contribution in [1.82, 2.24) is 4.90 Å². The highest BCUT2D eigenvalue weighted by Crippen LogP contribution is 2.51. The van der Waals surface area contributed by atoms with E-state index < -0.39 is 0 Å². The summed E-state index contributed by atoms with van der Waals surface area (Å²) in [6.07, 6.45) is 0.936. The summed E-state index contributed by atoms with van der Waals surface area (Å²) in [6.45, 7) is 1.00. The molecule has 80 valence electrons. The lowest BCUT2D eigenvalue weighted by Crippen LogP contribution is -2.33. The monoisotopic (exact) mass is 233 g/mol. The van der Waals surface area contributed by atoms with Crippen LogP contribution >= 0.6 is 23.5 Å². The van der Waals surface area contributed by atoms with Crippen molar-refractivity contribution < 1.29 is 9.53 Å². The van der Waals surface area contributed by atoms with Gasteiger partial charge in [-0.1, -0.05) is 0 Å². The molecule has 0 saturated carbocycles. The number of methoxy groups -OCH3 is 1. The third kappa shape index (κ3) is 1.77. The van der Waals surface area contributed by atoms with Crippen molar-refractivity contribution in [2.75, 3.05) is 32.2 Å². The molecule has 0 aliphatic carbocycles. The fraction of sp³-hybridized carbons (Fsp3) is 0.889. The van der Waals surface area contributed by atoms with Gasteiger partial charge in [0, 0.05) is 18.1 Å². The lowest BCUT2D eigenvalue weighted by Gasteiger charge is -2.19. The van der Waals surface area contributed by atoms with E-state index in [4.69, 9.17) is 4.74 Å². The van der Waals surface area contributed by atoms with Crippen LogP contribution in [0.5, 0.6) is 0 Å². The number of likely N-dealkylation sites (tertiary alicyclic amines) is 1. The van der Waals surface area contributed by atoms with E-state index in [0.29, 0.717) is 0 Å². The van der Waals surface area contributed by atoms with Gasteiger partial charge in [0.2, 0.25) is 0 Å². The van der Waals surface area contributed by atoms with Gasteiger partial charge < -0.3 is 4.74 Å². The molecule has 2 rings (SSSR count). The number of hydrogen-bond acceptors (Lipinski definition) is 5. The predicted octanol–water partition coefficient (Wildman–Crippen LogP) is 1.04. The van der Waals surface area contributed by atoms with Gasteiger partial charge in [-0.15, -0.1) is 23.5 Å². The summed E-state index contributed by atoms with van der Waals surface area (Å²) in [4.78, 5) is 13.6. The number of esters is 1. The summed E-state index contributed by atoms with van der Waals surface area (Å²) in [5, 5.41) is 0. The minimum atomic E-state index is -0.0857. The zero-order valence-corrected chi connectivity index (χ0v) is 10.1. The second-order valence-corrected chi connectivity index (χ2v) is 6.98. The molecule has 0 aromatic carbocycles. The van der Waals surface area contributed by atoms with Crippen molar-refractivity contribution in [3.05, 3.63) is 0 Å². The molecule has 1 atom stereocenters. The number of carbonyl (C=O) groups is 1. The van der Waals surface area contributed by atoms with E-state index in [0.717, 1.165) is 13.0 Å². The Kier molecular flexibility index (Phi) is 3.00. The molecule has 0 radical (unpaired) electrons. The van der Waals surface area contributed by atoms with Crippen LogP contribution in [-0.4, -0.2) is 53.2 Å². The molecular weight excluding hydrogens is 218 g/mol. The maximum Gasteiger partial charge on any atom is 0.323 e. The third-order valence-electron chi connectivity index (χ3n) is 2.81. The maximum absolute atomic E-state index is 11.5.